The fraction of sp³-hybridized carbons (Fsp3) is 0.444. The van der Waals surface area contributed by atoms with Crippen molar-refractivity contribution in [2.24, 2.45) is 11.3 Å². The minimum absolute atomic E-state index is 0.00485. The van der Waals surface area contributed by atoms with Gasteiger partial charge in [0.2, 0.25) is 15.9 Å². The molecule has 3 amide bonds. The molecule has 206 valence electrons. The number of likely N-dealkylation sites (tertiary alicyclic amines) is 1. The average Bonchev–Trinajstić information content (AvgIpc) is 2.82. The molecule has 3 rings (SSSR count). The van der Waals surface area contributed by atoms with E-state index in [2.05, 4.69) is 5.32 Å². The van der Waals surface area contributed by atoms with Crippen LogP contribution in [0.3, 0.4) is 0 Å². The van der Waals surface area contributed by atoms with E-state index in [1.165, 1.54) is 24.3 Å². The van der Waals surface area contributed by atoms with Gasteiger partial charge < -0.3 is 15.3 Å². The summed E-state index contributed by atoms with van der Waals surface area (Å²) in [5.74, 6) is -1.95. The summed E-state index contributed by atoms with van der Waals surface area (Å²) < 4.78 is 24.6. The van der Waals surface area contributed by atoms with Crippen LogP contribution in [-0.2, 0) is 20.4 Å². The lowest BCUT2D eigenvalue weighted by Gasteiger charge is -2.51. The van der Waals surface area contributed by atoms with Gasteiger partial charge in [-0.15, -0.1) is 0 Å². The summed E-state index contributed by atoms with van der Waals surface area (Å²) in [6.07, 6.45) is 1.17. The number of amides is 3. The zero-order valence-corrected chi connectivity index (χ0v) is 23.7. The maximum atomic E-state index is 13.6. The summed E-state index contributed by atoms with van der Waals surface area (Å²) in [6, 6.07) is 11.8. The number of piperidine rings is 1. The number of carbonyl (C=O) groups is 3. The molecular formula is C27H34ClN3O6S. The summed E-state index contributed by atoms with van der Waals surface area (Å²) in [7, 11) is -3.77. The molecule has 1 heterocycles. The number of halogens is 1. The third-order valence-corrected chi connectivity index (χ3v) is 7.78. The molecule has 0 saturated carbocycles. The molecule has 0 bridgehead atoms. The Morgan fingerprint density at radius 2 is 1.61 bits per heavy atom. The number of hydrogen-bond acceptors (Lipinski definition) is 6. The predicted molar refractivity (Wildman–Crippen MR) is 145 cm³/mol. The van der Waals surface area contributed by atoms with Gasteiger partial charge in [-0.3, -0.25) is 14.4 Å². The van der Waals surface area contributed by atoms with Crippen LogP contribution in [0, 0.1) is 11.3 Å². The van der Waals surface area contributed by atoms with Crippen LogP contribution in [0.4, 0.5) is 0 Å². The molecule has 0 unspecified atom stereocenters. The first-order valence-corrected chi connectivity index (χ1v) is 14.5. The predicted octanol–water partition coefficient (Wildman–Crippen LogP) is 2.93. The van der Waals surface area contributed by atoms with Crippen LogP contribution in [0.1, 0.15) is 60.4 Å². The van der Waals surface area contributed by atoms with Crippen molar-refractivity contribution in [3.63, 3.8) is 0 Å². The standard InChI is InChI=1S/C27H34ClN3O6S/c1-17(2)22(29-23(32)18-7-6-8-19(15-18)24(33)30-38(5,36)37)25(34)31-14-13-27(35,26(3,4)16-31)20-9-11-21(28)12-10-20/h6-12,15,17,22,35H,13-14,16H2,1-5H3,(H,29,32)(H,30,33)/t22-,27+/m1/s1. The van der Waals surface area contributed by atoms with Crippen molar-refractivity contribution in [3.8, 4) is 0 Å². The highest BCUT2D eigenvalue weighted by Crippen LogP contribution is 2.46. The lowest BCUT2D eigenvalue weighted by atomic mass is 9.66. The van der Waals surface area contributed by atoms with Crippen LogP contribution in [0.2, 0.25) is 5.02 Å². The van der Waals surface area contributed by atoms with Crippen LogP contribution in [0.15, 0.2) is 48.5 Å². The minimum atomic E-state index is -3.77. The first-order chi connectivity index (χ1) is 17.5. The number of benzene rings is 2. The van der Waals surface area contributed by atoms with Gasteiger partial charge in [0.1, 0.15) is 6.04 Å². The van der Waals surface area contributed by atoms with Gasteiger partial charge in [0, 0.05) is 34.7 Å². The van der Waals surface area contributed by atoms with Gasteiger partial charge in [0.15, 0.2) is 0 Å². The Balaban J connectivity index is 1.76. The van der Waals surface area contributed by atoms with Gasteiger partial charge in [0.25, 0.3) is 11.8 Å². The van der Waals surface area contributed by atoms with Gasteiger partial charge >= 0.3 is 0 Å². The molecular weight excluding hydrogens is 530 g/mol. The van der Waals surface area contributed by atoms with Crippen molar-refractivity contribution < 1.29 is 27.9 Å². The van der Waals surface area contributed by atoms with E-state index in [9.17, 15) is 27.9 Å². The molecule has 1 aliphatic heterocycles. The lowest BCUT2D eigenvalue weighted by Crippen LogP contribution is -2.60. The van der Waals surface area contributed by atoms with E-state index < -0.39 is 38.9 Å². The first-order valence-electron chi connectivity index (χ1n) is 12.2. The molecule has 0 aromatic heterocycles. The van der Waals surface area contributed by atoms with Crippen molar-refractivity contribution in [3.05, 3.63) is 70.2 Å². The average molecular weight is 564 g/mol. The quantitative estimate of drug-likeness (QED) is 0.474. The van der Waals surface area contributed by atoms with E-state index in [0.29, 0.717) is 18.0 Å². The van der Waals surface area contributed by atoms with E-state index in [4.69, 9.17) is 11.6 Å². The van der Waals surface area contributed by atoms with E-state index in [-0.39, 0.29) is 29.5 Å². The molecule has 38 heavy (non-hydrogen) atoms. The molecule has 11 heteroatoms. The largest absolute Gasteiger partial charge is 0.384 e. The second-order valence-corrected chi connectivity index (χ2v) is 12.9. The van der Waals surface area contributed by atoms with Gasteiger partial charge in [-0.1, -0.05) is 57.5 Å². The molecule has 3 N–H and O–H groups in total. The number of sulfonamides is 1. The fourth-order valence-corrected chi connectivity index (χ4v) is 5.32. The molecule has 0 spiro atoms. The molecule has 1 saturated heterocycles. The van der Waals surface area contributed by atoms with E-state index >= 15 is 0 Å². The van der Waals surface area contributed by atoms with Gasteiger partial charge in [-0.25, -0.2) is 13.1 Å². The van der Waals surface area contributed by atoms with Gasteiger partial charge in [0.05, 0.1) is 11.9 Å². The summed E-state index contributed by atoms with van der Waals surface area (Å²) in [5, 5.41) is 15.0. The molecule has 1 aliphatic rings. The molecule has 2 aromatic carbocycles. The third kappa shape index (κ3) is 6.54. The summed E-state index contributed by atoms with van der Waals surface area (Å²) >= 11 is 6.02. The normalized spacial score (nSPS) is 20.1. The number of nitrogens with one attached hydrogen (secondary N) is 2. The molecule has 1 fully saturated rings. The maximum absolute atomic E-state index is 13.6. The highest BCUT2D eigenvalue weighted by molar-refractivity contribution is 7.89. The Labute approximate surface area is 228 Å². The highest BCUT2D eigenvalue weighted by Gasteiger charge is 2.50. The fourth-order valence-electron chi connectivity index (χ4n) is 4.73. The summed E-state index contributed by atoms with van der Waals surface area (Å²) in [4.78, 5) is 40.5. The second kappa shape index (κ2) is 11.0. The Kier molecular flexibility index (Phi) is 8.60. The topological polar surface area (TPSA) is 133 Å². The van der Waals surface area contributed by atoms with E-state index in [1.54, 1.807) is 29.2 Å². The molecule has 2 aromatic rings. The third-order valence-electron chi connectivity index (χ3n) is 6.97. The van der Waals surface area contributed by atoms with E-state index in [1.807, 2.05) is 32.4 Å². The Morgan fingerprint density at radius 1 is 1.03 bits per heavy atom. The van der Waals surface area contributed by atoms with Crippen LogP contribution in [0.5, 0.6) is 0 Å². The maximum Gasteiger partial charge on any atom is 0.264 e. The lowest BCUT2D eigenvalue weighted by molar-refractivity contribution is -0.155. The van der Waals surface area contributed by atoms with Gasteiger partial charge in [-0.05, 0) is 48.2 Å². The SMILES string of the molecule is CC(C)[C@@H](NC(=O)c1cccc(C(=O)NS(C)(=O)=O)c1)C(=O)N1CC[C@](O)(c2ccc(Cl)cc2)C(C)(C)C1. The zero-order chi connectivity index (χ0) is 28.5. The Morgan fingerprint density at radius 3 is 2.13 bits per heavy atom. The van der Waals surface area contributed by atoms with Crippen LogP contribution in [0.25, 0.3) is 0 Å². The van der Waals surface area contributed by atoms with Gasteiger partial charge in [-0.2, -0.15) is 0 Å². The number of rotatable bonds is 7. The number of aliphatic hydroxyl groups is 1. The first kappa shape index (κ1) is 29.6. The van der Waals surface area contributed by atoms with Crippen molar-refractivity contribution in [1.29, 1.82) is 0 Å². The van der Waals surface area contributed by atoms with Crippen molar-refractivity contribution in [2.75, 3.05) is 19.3 Å². The summed E-state index contributed by atoms with van der Waals surface area (Å²) in [6.45, 7) is 8.00. The van der Waals surface area contributed by atoms with Crippen molar-refractivity contribution in [2.45, 2.75) is 45.8 Å². The van der Waals surface area contributed by atoms with E-state index in [0.717, 1.165) is 11.8 Å². The minimum Gasteiger partial charge on any atom is -0.384 e. The Hall–Kier alpha value is -2.95. The number of carbonyl (C=O) groups excluding carboxylic acids is 3. The van der Waals surface area contributed by atoms with Crippen LogP contribution in [-0.4, -0.2) is 61.5 Å². The van der Waals surface area contributed by atoms with Crippen LogP contribution < -0.4 is 10.0 Å². The number of hydrogen-bond donors (Lipinski definition) is 3. The second-order valence-electron chi connectivity index (χ2n) is 10.7. The Bertz CT molecular complexity index is 1330. The smallest absolute Gasteiger partial charge is 0.264 e. The molecule has 0 aliphatic carbocycles. The highest BCUT2D eigenvalue weighted by atomic mass is 35.5. The van der Waals surface area contributed by atoms with Crippen molar-refractivity contribution in [1.82, 2.24) is 14.9 Å². The zero-order valence-electron chi connectivity index (χ0n) is 22.1. The molecule has 9 nitrogen and oxygen atoms in total. The molecule has 0 radical (unpaired) electrons. The monoisotopic (exact) mass is 563 g/mol. The molecule has 2 atom stereocenters. The van der Waals surface area contributed by atoms with Crippen molar-refractivity contribution >= 4 is 39.3 Å². The number of nitrogens with zero attached hydrogens (tertiary/aromatic N) is 1. The van der Waals surface area contributed by atoms with Crippen LogP contribution >= 0.6 is 11.6 Å². The summed E-state index contributed by atoms with van der Waals surface area (Å²) in [5.41, 5.74) is -1.03.